The standard InChI is InChI=1S/C15H12ClNO2/c16-14(18)12-8-4-5-9-13(12)15(19)17-10-11-6-2-1-3-7-11/h1-9H,10H2,(H,17,19). The van der Waals surface area contributed by atoms with Crippen molar-refractivity contribution in [2.75, 3.05) is 0 Å². The van der Waals surface area contributed by atoms with Crippen LogP contribution in [0.5, 0.6) is 0 Å². The van der Waals surface area contributed by atoms with E-state index in [1.165, 1.54) is 6.07 Å². The first kappa shape index (κ1) is 13.3. The van der Waals surface area contributed by atoms with Crippen molar-refractivity contribution in [2.45, 2.75) is 6.54 Å². The van der Waals surface area contributed by atoms with Crippen molar-refractivity contribution >= 4 is 22.8 Å². The molecule has 0 spiro atoms. The molecule has 0 saturated heterocycles. The van der Waals surface area contributed by atoms with Crippen LogP contribution in [0.3, 0.4) is 0 Å². The van der Waals surface area contributed by atoms with Gasteiger partial charge in [-0.05, 0) is 29.3 Å². The zero-order valence-electron chi connectivity index (χ0n) is 10.1. The van der Waals surface area contributed by atoms with E-state index in [4.69, 9.17) is 11.6 Å². The Morgan fingerprint density at radius 1 is 0.895 bits per heavy atom. The number of nitrogens with one attached hydrogen (secondary N) is 1. The lowest BCUT2D eigenvalue weighted by Crippen LogP contribution is -2.24. The number of benzene rings is 2. The van der Waals surface area contributed by atoms with Gasteiger partial charge in [-0.3, -0.25) is 9.59 Å². The van der Waals surface area contributed by atoms with Crippen molar-refractivity contribution in [3.8, 4) is 0 Å². The predicted octanol–water partition coefficient (Wildman–Crippen LogP) is 3.00. The van der Waals surface area contributed by atoms with Gasteiger partial charge < -0.3 is 5.32 Å². The number of carbonyl (C=O) groups is 2. The summed E-state index contributed by atoms with van der Waals surface area (Å²) in [6, 6.07) is 16.0. The summed E-state index contributed by atoms with van der Waals surface area (Å²) in [5.41, 5.74) is 1.50. The van der Waals surface area contributed by atoms with Gasteiger partial charge in [-0.1, -0.05) is 42.5 Å². The highest BCUT2D eigenvalue weighted by molar-refractivity contribution is 6.68. The summed E-state index contributed by atoms with van der Waals surface area (Å²) in [5, 5.41) is 2.13. The number of halogens is 1. The van der Waals surface area contributed by atoms with Crippen LogP contribution in [0.1, 0.15) is 26.3 Å². The number of hydrogen-bond acceptors (Lipinski definition) is 2. The van der Waals surface area contributed by atoms with Gasteiger partial charge in [0, 0.05) is 12.1 Å². The van der Waals surface area contributed by atoms with Crippen molar-refractivity contribution < 1.29 is 9.59 Å². The van der Waals surface area contributed by atoms with E-state index < -0.39 is 5.24 Å². The van der Waals surface area contributed by atoms with Gasteiger partial charge in [0.05, 0.1) is 5.56 Å². The lowest BCUT2D eigenvalue weighted by molar-refractivity contribution is 0.0943. The highest BCUT2D eigenvalue weighted by Gasteiger charge is 2.14. The fourth-order valence-electron chi connectivity index (χ4n) is 1.73. The number of rotatable bonds is 4. The van der Waals surface area contributed by atoms with Gasteiger partial charge in [0.15, 0.2) is 0 Å². The van der Waals surface area contributed by atoms with E-state index in [0.717, 1.165) is 5.56 Å². The first-order valence-electron chi connectivity index (χ1n) is 5.79. The summed E-state index contributed by atoms with van der Waals surface area (Å²) >= 11 is 5.45. The Labute approximate surface area is 116 Å². The second-order valence-electron chi connectivity index (χ2n) is 3.99. The summed E-state index contributed by atoms with van der Waals surface area (Å²) in [5.74, 6) is -0.312. The van der Waals surface area contributed by atoms with E-state index in [-0.39, 0.29) is 11.5 Å². The highest BCUT2D eigenvalue weighted by atomic mass is 35.5. The van der Waals surface area contributed by atoms with Crippen LogP contribution < -0.4 is 5.32 Å². The summed E-state index contributed by atoms with van der Waals surface area (Å²) in [7, 11) is 0. The number of carbonyl (C=O) groups excluding carboxylic acids is 2. The molecule has 96 valence electrons. The molecule has 2 aromatic rings. The summed E-state index contributed by atoms with van der Waals surface area (Å²) in [6.45, 7) is 0.407. The largest absolute Gasteiger partial charge is 0.348 e. The van der Waals surface area contributed by atoms with Crippen LogP contribution in [0, 0.1) is 0 Å². The molecule has 0 atom stereocenters. The Morgan fingerprint density at radius 3 is 2.11 bits per heavy atom. The van der Waals surface area contributed by atoms with Crippen molar-refractivity contribution in [1.82, 2.24) is 5.32 Å². The molecule has 0 unspecified atom stereocenters. The summed E-state index contributed by atoms with van der Waals surface area (Å²) < 4.78 is 0. The molecule has 0 aromatic heterocycles. The average Bonchev–Trinajstić information content (AvgIpc) is 2.46. The molecule has 1 amide bonds. The molecular formula is C15H12ClNO2. The van der Waals surface area contributed by atoms with E-state index >= 15 is 0 Å². The van der Waals surface area contributed by atoms with Crippen molar-refractivity contribution in [2.24, 2.45) is 0 Å². The van der Waals surface area contributed by atoms with Crippen LogP contribution in [0.25, 0.3) is 0 Å². The Morgan fingerprint density at radius 2 is 1.47 bits per heavy atom. The number of amides is 1. The molecule has 0 aliphatic rings. The second kappa shape index (κ2) is 6.16. The molecule has 0 saturated carbocycles. The molecule has 0 fully saturated rings. The third kappa shape index (κ3) is 3.42. The van der Waals surface area contributed by atoms with E-state index in [1.54, 1.807) is 18.2 Å². The van der Waals surface area contributed by atoms with Crippen LogP contribution in [0.4, 0.5) is 0 Å². The molecule has 0 aliphatic heterocycles. The van der Waals surface area contributed by atoms with Crippen LogP contribution >= 0.6 is 11.6 Å². The van der Waals surface area contributed by atoms with Gasteiger partial charge in [-0.25, -0.2) is 0 Å². The van der Waals surface area contributed by atoms with E-state index in [1.807, 2.05) is 30.3 Å². The minimum atomic E-state index is -0.634. The minimum Gasteiger partial charge on any atom is -0.348 e. The molecular weight excluding hydrogens is 262 g/mol. The monoisotopic (exact) mass is 273 g/mol. The van der Waals surface area contributed by atoms with Gasteiger partial charge in [-0.2, -0.15) is 0 Å². The molecule has 0 aliphatic carbocycles. The molecule has 0 radical (unpaired) electrons. The molecule has 19 heavy (non-hydrogen) atoms. The maximum Gasteiger partial charge on any atom is 0.253 e. The SMILES string of the molecule is O=C(Cl)c1ccccc1C(=O)NCc1ccccc1. The minimum absolute atomic E-state index is 0.217. The molecule has 1 N–H and O–H groups in total. The first-order valence-corrected chi connectivity index (χ1v) is 6.17. The lowest BCUT2D eigenvalue weighted by atomic mass is 10.1. The fourth-order valence-corrected chi connectivity index (χ4v) is 1.89. The van der Waals surface area contributed by atoms with Crippen LogP contribution in [0.15, 0.2) is 54.6 Å². The summed E-state index contributed by atoms with van der Waals surface area (Å²) in [4.78, 5) is 23.3. The van der Waals surface area contributed by atoms with E-state index in [0.29, 0.717) is 12.1 Å². The molecule has 2 rings (SSSR count). The van der Waals surface area contributed by atoms with E-state index in [2.05, 4.69) is 5.32 Å². The zero-order chi connectivity index (χ0) is 13.7. The van der Waals surface area contributed by atoms with Crippen molar-refractivity contribution in [1.29, 1.82) is 0 Å². The Kier molecular flexibility index (Phi) is 4.31. The van der Waals surface area contributed by atoms with Gasteiger partial charge in [0.1, 0.15) is 0 Å². The van der Waals surface area contributed by atoms with Crippen molar-refractivity contribution in [3.05, 3.63) is 71.3 Å². The quantitative estimate of drug-likeness (QED) is 0.871. The maximum atomic E-state index is 12.0. The number of hydrogen-bond donors (Lipinski definition) is 1. The van der Waals surface area contributed by atoms with Gasteiger partial charge in [-0.15, -0.1) is 0 Å². The average molecular weight is 274 g/mol. The molecule has 0 heterocycles. The maximum absolute atomic E-state index is 12.0. The Balaban J connectivity index is 2.10. The molecule has 0 bridgehead atoms. The third-order valence-corrected chi connectivity index (χ3v) is 2.88. The lowest BCUT2D eigenvalue weighted by Gasteiger charge is -2.07. The Bertz CT molecular complexity index is 596. The van der Waals surface area contributed by atoms with E-state index in [9.17, 15) is 9.59 Å². The third-order valence-electron chi connectivity index (χ3n) is 2.68. The normalized spacial score (nSPS) is 9.95. The molecule has 4 heteroatoms. The first-order chi connectivity index (χ1) is 9.18. The summed E-state index contributed by atoms with van der Waals surface area (Å²) in [6.07, 6.45) is 0. The zero-order valence-corrected chi connectivity index (χ0v) is 10.9. The van der Waals surface area contributed by atoms with Crippen LogP contribution in [-0.2, 0) is 6.54 Å². The van der Waals surface area contributed by atoms with Crippen LogP contribution in [-0.4, -0.2) is 11.1 Å². The fraction of sp³-hybridized carbons (Fsp3) is 0.0667. The van der Waals surface area contributed by atoms with Gasteiger partial charge >= 0.3 is 0 Å². The topological polar surface area (TPSA) is 46.2 Å². The van der Waals surface area contributed by atoms with Gasteiger partial charge in [0.25, 0.3) is 11.1 Å². The molecule has 2 aromatic carbocycles. The highest BCUT2D eigenvalue weighted by Crippen LogP contribution is 2.11. The van der Waals surface area contributed by atoms with Crippen molar-refractivity contribution in [3.63, 3.8) is 0 Å². The Hall–Kier alpha value is -2.13. The van der Waals surface area contributed by atoms with Gasteiger partial charge in [0.2, 0.25) is 0 Å². The molecule has 3 nitrogen and oxygen atoms in total. The second-order valence-corrected chi connectivity index (χ2v) is 4.33. The van der Waals surface area contributed by atoms with Crippen LogP contribution in [0.2, 0.25) is 0 Å². The smallest absolute Gasteiger partial charge is 0.253 e. The predicted molar refractivity (Wildman–Crippen MR) is 74.2 cm³/mol.